The van der Waals surface area contributed by atoms with Crippen LogP contribution in [0.4, 0.5) is 4.79 Å². The number of likely N-dealkylation sites (tertiary alicyclic amines) is 2. The third kappa shape index (κ3) is 5.51. The fraction of sp³-hybridized carbons (Fsp3) is 0.448. The van der Waals surface area contributed by atoms with Gasteiger partial charge in [0.05, 0.1) is 25.7 Å². The van der Waals surface area contributed by atoms with Crippen LogP contribution in [0.2, 0.25) is 0 Å². The molecule has 2 aliphatic rings. The monoisotopic (exact) mass is 521 g/mol. The van der Waals surface area contributed by atoms with E-state index in [-0.39, 0.29) is 23.9 Å². The molecule has 0 bridgehead atoms. The largest absolute Gasteiger partial charge is 0.469 e. The van der Waals surface area contributed by atoms with Crippen LogP contribution in [-0.2, 0) is 23.9 Å². The first-order chi connectivity index (χ1) is 18.4. The minimum absolute atomic E-state index is 0.175. The molecule has 0 aromatic heterocycles. The number of carbonyl (C=O) groups excluding carboxylic acids is 4. The van der Waals surface area contributed by atoms with Crippen LogP contribution in [0.3, 0.4) is 0 Å². The fourth-order valence-corrected chi connectivity index (χ4v) is 5.80. The van der Waals surface area contributed by atoms with Crippen LogP contribution in [0.5, 0.6) is 0 Å². The fourth-order valence-electron chi connectivity index (χ4n) is 5.80. The van der Waals surface area contributed by atoms with Crippen molar-refractivity contribution in [1.82, 2.24) is 15.1 Å². The standard InChI is InChI=1S/C29H35N3O6/c1-4-38-29(36)31-17-15-22(16-18-31)30-27(34)26-23(20-11-7-5-8-12-20)24(28(35)37-3)25(32(26)19(2)33)21-13-9-6-10-14-21/h5-14,22-26H,4,15-18H2,1-3H3,(H,30,34). The summed E-state index contributed by atoms with van der Waals surface area (Å²) in [4.78, 5) is 55.8. The molecule has 4 rings (SSSR count). The van der Waals surface area contributed by atoms with E-state index in [1.54, 1.807) is 11.8 Å². The summed E-state index contributed by atoms with van der Waals surface area (Å²) in [5, 5.41) is 3.12. The van der Waals surface area contributed by atoms with Crippen molar-refractivity contribution in [3.63, 3.8) is 0 Å². The molecule has 2 aliphatic heterocycles. The Morgan fingerprint density at radius 3 is 2.03 bits per heavy atom. The van der Waals surface area contributed by atoms with E-state index < -0.39 is 29.9 Å². The van der Waals surface area contributed by atoms with Crippen molar-refractivity contribution in [1.29, 1.82) is 0 Å². The van der Waals surface area contributed by atoms with Gasteiger partial charge in [0.1, 0.15) is 6.04 Å². The number of ether oxygens (including phenoxy) is 2. The lowest BCUT2D eigenvalue weighted by Crippen LogP contribution is -2.53. The van der Waals surface area contributed by atoms with E-state index in [0.717, 1.165) is 11.1 Å². The van der Waals surface area contributed by atoms with Gasteiger partial charge in [-0.2, -0.15) is 0 Å². The first-order valence-electron chi connectivity index (χ1n) is 13.1. The van der Waals surface area contributed by atoms with Crippen molar-refractivity contribution in [3.8, 4) is 0 Å². The summed E-state index contributed by atoms with van der Waals surface area (Å²) in [6.45, 7) is 4.42. The second-order valence-electron chi connectivity index (χ2n) is 9.68. The molecule has 2 aromatic rings. The number of esters is 1. The zero-order valence-corrected chi connectivity index (χ0v) is 22.0. The van der Waals surface area contributed by atoms with E-state index in [2.05, 4.69) is 5.32 Å². The topological polar surface area (TPSA) is 105 Å². The first kappa shape index (κ1) is 27.2. The molecule has 2 aromatic carbocycles. The SMILES string of the molecule is CCOC(=O)N1CCC(NC(=O)C2C(c3ccccc3)C(C(=O)OC)C(c3ccccc3)N2C(C)=O)CC1. The molecule has 202 valence electrons. The van der Waals surface area contributed by atoms with Crippen LogP contribution in [0.25, 0.3) is 0 Å². The van der Waals surface area contributed by atoms with Gasteiger partial charge in [0.15, 0.2) is 0 Å². The number of nitrogens with one attached hydrogen (secondary N) is 1. The van der Waals surface area contributed by atoms with Gasteiger partial charge in [-0.3, -0.25) is 14.4 Å². The lowest BCUT2D eigenvalue weighted by Gasteiger charge is -2.34. The maximum Gasteiger partial charge on any atom is 0.409 e. The Kier molecular flexibility index (Phi) is 8.66. The van der Waals surface area contributed by atoms with E-state index in [9.17, 15) is 19.2 Å². The summed E-state index contributed by atoms with van der Waals surface area (Å²) >= 11 is 0. The smallest absolute Gasteiger partial charge is 0.409 e. The highest BCUT2D eigenvalue weighted by atomic mass is 16.6. The van der Waals surface area contributed by atoms with Gasteiger partial charge in [-0.1, -0.05) is 60.7 Å². The van der Waals surface area contributed by atoms with Gasteiger partial charge < -0.3 is 24.6 Å². The second-order valence-corrected chi connectivity index (χ2v) is 9.68. The lowest BCUT2D eigenvalue weighted by molar-refractivity contribution is -0.147. The van der Waals surface area contributed by atoms with Crippen LogP contribution in [-0.4, -0.2) is 72.6 Å². The van der Waals surface area contributed by atoms with E-state index >= 15 is 0 Å². The Morgan fingerprint density at radius 2 is 1.50 bits per heavy atom. The molecule has 2 fully saturated rings. The van der Waals surface area contributed by atoms with Crippen molar-refractivity contribution in [3.05, 3.63) is 71.8 Å². The molecule has 0 aliphatic carbocycles. The summed E-state index contributed by atoms with van der Waals surface area (Å²) < 4.78 is 10.3. The average molecular weight is 522 g/mol. The zero-order chi connectivity index (χ0) is 27.2. The normalized spacial score (nSPS) is 23.6. The van der Waals surface area contributed by atoms with E-state index in [1.165, 1.54) is 18.9 Å². The van der Waals surface area contributed by atoms with Crippen molar-refractivity contribution < 1.29 is 28.7 Å². The summed E-state index contributed by atoms with van der Waals surface area (Å²) in [5.41, 5.74) is 1.54. The molecule has 38 heavy (non-hydrogen) atoms. The molecule has 0 spiro atoms. The Morgan fingerprint density at radius 1 is 0.921 bits per heavy atom. The number of amides is 3. The summed E-state index contributed by atoms with van der Waals surface area (Å²) in [6.07, 6.45) is 0.776. The molecule has 3 amide bonds. The highest BCUT2D eigenvalue weighted by molar-refractivity contribution is 5.92. The molecule has 0 radical (unpaired) electrons. The van der Waals surface area contributed by atoms with Crippen molar-refractivity contribution in [2.75, 3.05) is 26.8 Å². The first-order valence-corrected chi connectivity index (χ1v) is 13.1. The summed E-state index contributed by atoms with van der Waals surface area (Å²) in [5.74, 6) is -2.50. The second kappa shape index (κ2) is 12.1. The van der Waals surface area contributed by atoms with E-state index in [1.807, 2.05) is 60.7 Å². The number of hydrogen-bond donors (Lipinski definition) is 1. The maximum absolute atomic E-state index is 14.0. The van der Waals surface area contributed by atoms with Crippen molar-refractivity contribution in [2.45, 2.75) is 50.7 Å². The van der Waals surface area contributed by atoms with Crippen LogP contribution in [0.15, 0.2) is 60.7 Å². The third-order valence-corrected chi connectivity index (χ3v) is 7.47. The molecule has 9 heteroatoms. The van der Waals surface area contributed by atoms with Crippen LogP contribution in [0, 0.1) is 5.92 Å². The van der Waals surface area contributed by atoms with Gasteiger partial charge >= 0.3 is 12.1 Å². The van der Waals surface area contributed by atoms with Crippen molar-refractivity contribution >= 4 is 23.9 Å². The predicted octanol–water partition coefficient (Wildman–Crippen LogP) is 3.27. The number of carbonyl (C=O) groups is 4. The number of hydrogen-bond acceptors (Lipinski definition) is 6. The number of methoxy groups -OCH3 is 1. The highest BCUT2D eigenvalue weighted by Gasteiger charge is 2.57. The Hall–Kier alpha value is -3.88. The Balaban J connectivity index is 1.68. The van der Waals surface area contributed by atoms with Crippen LogP contribution in [0.1, 0.15) is 49.8 Å². The number of nitrogens with zero attached hydrogens (tertiary/aromatic N) is 2. The molecule has 4 atom stereocenters. The number of piperidine rings is 1. The third-order valence-electron chi connectivity index (χ3n) is 7.47. The van der Waals surface area contributed by atoms with Gasteiger partial charge in [0.2, 0.25) is 11.8 Å². The molecule has 4 unspecified atom stereocenters. The van der Waals surface area contributed by atoms with Gasteiger partial charge in [0, 0.05) is 32.0 Å². The minimum Gasteiger partial charge on any atom is -0.469 e. The van der Waals surface area contributed by atoms with E-state index in [0.29, 0.717) is 32.5 Å². The van der Waals surface area contributed by atoms with Crippen LogP contribution < -0.4 is 5.32 Å². The molecule has 9 nitrogen and oxygen atoms in total. The summed E-state index contributed by atoms with van der Waals surface area (Å²) in [7, 11) is 1.33. The van der Waals surface area contributed by atoms with Gasteiger partial charge in [-0.15, -0.1) is 0 Å². The predicted molar refractivity (Wildman–Crippen MR) is 140 cm³/mol. The molecule has 0 saturated carbocycles. The van der Waals surface area contributed by atoms with Gasteiger partial charge in [-0.05, 0) is 30.9 Å². The Labute approximate surface area is 223 Å². The highest BCUT2D eigenvalue weighted by Crippen LogP contribution is 2.50. The van der Waals surface area contributed by atoms with Gasteiger partial charge in [-0.25, -0.2) is 4.79 Å². The average Bonchev–Trinajstić information content (AvgIpc) is 3.31. The molecular weight excluding hydrogens is 486 g/mol. The van der Waals surface area contributed by atoms with Gasteiger partial charge in [0.25, 0.3) is 0 Å². The Bertz CT molecular complexity index is 1130. The number of rotatable bonds is 6. The van der Waals surface area contributed by atoms with Crippen LogP contribution >= 0.6 is 0 Å². The molecule has 2 heterocycles. The number of benzene rings is 2. The minimum atomic E-state index is -0.924. The van der Waals surface area contributed by atoms with Crippen molar-refractivity contribution in [2.24, 2.45) is 5.92 Å². The summed E-state index contributed by atoms with van der Waals surface area (Å²) in [6, 6.07) is 16.9. The van der Waals surface area contributed by atoms with E-state index in [4.69, 9.17) is 9.47 Å². The molecular formula is C29H35N3O6. The molecule has 1 N–H and O–H groups in total. The maximum atomic E-state index is 14.0. The molecule has 2 saturated heterocycles. The zero-order valence-electron chi connectivity index (χ0n) is 22.0. The lowest BCUT2D eigenvalue weighted by atomic mass is 9.79. The quantitative estimate of drug-likeness (QED) is 0.585.